The van der Waals surface area contributed by atoms with Crippen LogP contribution in [0.15, 0.2) is 12.4 Å². The normalized spacial score (nSPS) is 22.8. The number of ether oxygens (including phenoxy) is 2. The number of hydrogen-bond donors (Lipinski definition) is 1. The summed E-state index contributed by atoms with van der Waals surface area (Å²) in [6, 6.07) is 0. The van der Waals surface area contributed by atoms with Crippen LogP contribution in [0.4, 0.5) is 0 Å². The number of nitrogens with zero attached hydrogens (tertiary/aromatic N) is 5. The second-order valence-electron chi connectivity index (χ2n) is 7.45. The first-order valence-electron chi connectivity index (χ1n) is 10.1. The number of nitrogens with two attached hydrogens (primary N) is 1. The van der Waals surface area contributed by atoms with Crippen LogP contribution in [0, 0.1) is 0 Å². The van der Waals surface area contributed by atoms with Crippen molar-refractivity contribution in [1.29, 1.82) is 0 Å². The topological polar surface area (TPSA) is 108 Å². The van der Waals surface area contributed by atoms with E-state index >= 15 is 0 Å². The van der Waals surface area contributed by atoms with E-state index in [9.17, 15) is 4.79 Å². The maximum Gasteiger partial charge on any atom is 0.248 e. The van der Waals surface area contributed by atoms with Gasteiger partial charge in [0.05, 0.1) is 24.9 Å². The first-order valence-corrected chi connectivity index (χ1v) is 10.1. The molecule has 2 atom stereocenters. The molecule has 2 fully saturated rings. The maximum atomic E-state index is 12.5. The van der Waals surface area contributed by atoms with E-state index in [0.717, 1.165) is 42.7 Å². The summed E-state index contributed by atoms with van der Waals surface area (Å²) < 4.78 is 13.1. The van der Waals surface area contributed by atoms with Crippen LogP contribution in [0.2, 0.25) is 0 Å². The molecule has 152 valence electrons. The molecule has 2 aliphatic rings. The average molecular weight is 388 g/mol. The van der Waals surface area contributed by atoms with Crippen molar-refractivity contribution >= 4 is 17.1 Å². The lowest BCUT2D eigenvalue weighted by Gasteiger charge is -2.23. The standard InChI is InChI=1S/C19H28N6O3/c20-5-9-25-19-18(21-6-7-22-19)17(23-25)14-4-8-24(11-14)16(26)13-27-12-15-3-1-2-10-28-15/h6-7,14-15H,1-5,8-13,20H2/t14-,15+/m1/s1. The molecule has 0 bridgehead atoms. The molecule has 28 heavy (non-hydrogen) atoms. The zero-order valence-electron chi connectivity index (χ0n) is 16.1. The fourth-order valence-electron chi connectivity index (χ4n) is 4.00. The monoisotopic (exact) mass is 388 g/mol. The molecular formula is C19H28N6O3. The number of aromatic nitrogens is 4. The van der Waals surface area contributed by atoms with Gasteiger partial charge in [-0.1, -0.05) is 0 Å². The summed E-state index contributed by atoms with van der Waals surface area (Å²) in [5.74, 6) is 0.180. The maximum absolute atomic E-state index is 12.5. The highest BCUT2D eigenvalue weighted by Crippen LogP contribution is 2.30. The Morgan fingerprint density at radius 3 is 3.00 bits per heavy atom. The van der Waals surface area contributed by atoms with Crippen LogP contribution < -0.4 is 5.73 Å². The number of likely N-dealkylation sites (tertiary alicyclic amines) is 1. The van der Waals surface area contributed by atoms with E-state index in [4.69, 9.17) is 20.3 Å². The molecule has 0 unspecified atom stereocenters. The lowest BCUT2D eigenvalue weighted by Crippen LogP contribution is -2.33. The molecule has 4 rings (SSSR count). The largest absolute Gasteiger partial charge is 0.376 e. The molecule has 0 saturated carbocycles. The Morgan fingerprint density at radius 2 is 2.18 bits per heavy atom. The number of hydrogen-bond acceptors (Lipinski definition) is 7. The first kappa shape index (κ1) is 19.2. The van der Waals surface area contributed by atoms with Crippen molar-refractivity contribution in [3.8, 4) is 0 Å². The van der Waals surface area contributed by atoms with E-state index in [0.29, 0.717) is 32.8 Å². The van der Waals surface area contributed by atoms with Crippen LogP contribution >= 0.6 is 0 Å². The van der Waals surface area contributed by atoms with E-state index in [2.05, 4.69) is 9.97 Å². The Kier molecular flexibility index (Phi) is 6.13. The second kappa shape index (κ2) is 8.93. The third kappa shape index (κ3) is 4.16. The Morgan fingerprint density at radius 1 is 1.29 bits per heavy atom. The van der Waals surface area contributed by atoms with Gasteiger partial charge in [0.1, 0.15) is 12.1 Å². The quantitative estimate of drug-likeness (QED) is 0.743. The molecule has 0 spiro atoms. The molecule has 0 aromatic carbocycles. The van der Waals surface area contributed by atoms with Crippen molar-refractivity contribution in [2.24, 2.45) is 5.73 Å². The second-order valence-corrected chi connectivity index (χ2v) is 7.45. The number of fused-ring (bicyclic) bond motifs is 1. The van der Waals surface area contributed by atoms with Gasteiger partial charge in [-0.25, -0.2) is 14.6 Å². The molecule has 2 N–H and O–H groups in total. The fraction of sp³-hybridized carbons (Fsp3) is 0.684. The van der Waals surface area contributed by atoms with Gasteiger partial charge in [-0.2, -0.15) is 5.10 Å². The summed E-state index contributed by atoms with van der Waals surface area (Å²) in [7, 11) is 0. The van der Waals surface area contributed by atoms with Gasteiger partial charge in [-0.15, -0.1) is 0 Å². The zero-order valence-corrected chi connectivity index (χ0v) is 16.1. The van der Waals surface area contributed by atoms with Gasteiger partial charge in [-0.05, 0) is 25.7 Å². The molecule has 2 aromatic rings. The van der Waals surface area contributed by atoms with Crippen molar-refractivity contribution < 1.29 is 14.3 Å². The van der Waals surface area contributed by atoms with Crippen LogP contribution in [-0.4, -0.2) is 76.1 Å². The van der Waals surface area contributed by atoms with Gasteiger partial charge in [0.15, 0.2) is 5.65 Å². The SMILES string of the molecule is NCCn1nc([C@@H]2CCN(C(=O)COC[C@@H]3CCCCO3)C2)c2nccnc21. The van der Waals surface area contributed by atoms with Crippen molar-refractivity contribution in [2.75, 3.05) is 39.5 Å². The predicted molar refractivity (Wildman–Crippen MR) is 103 cm³/mol. The Hall–Kier alpha value is -2.10. The molecule has 4 heterocycles. The van der Waals surface area contributed by atoms with Crippen LogP contribution in [0.3, 0.4) is 0 Å². The third-order valence-electron chi connectivity index (χ3n) is 5.47. The first-order chi connectivity index (χ1) is 13.8. The summed E-state index contributed by atoms with van der Waals surface area (Å²) in [5.41, 5.74) is 8.16. The molecule has 2 aliphatic heterocycles. The Bertz CT molecular complexity index is 804. The number of rotatable bonds is 7. The van der Waals surface area contributed by atoms with E-state index in [-0.39, 0.29) is 24.5 Å². The van der Waals surface area contributed by atoms with Crippen LogP contribution in [0.1, 0.15) is 37.3 Å². The van der Waals surface area contributed by atoms with Crippen molar-refractivity contribution in [1.82, 2.24) is 24.6 Å². The number of carbonyl (C=O) groups is 1. The van der Waals surface area contributed by atoms with Gasteiger partial charge in [0.25, 0.3) is 0 Å². The Labute approximate surface area is 164 Å². The highest BCUT2D eigenvalue weighted by molar-refractivity contribution is 5.78. The number of amides is 1. The highest BCUT2D eigenvalue weighted by Gasteiger charge is 2.31. The van der Waals surface area contributed by atoms with Crippen LogP contribution in [0.25, 0.3) is 11.2 Å². The number of carbonyl (C=O) groups excluding carboxylic acids is 1. The molecule has 0 radical (unpaired) electrons. The van der Waals surface area contributed by atoms with Crippen LogP contribution in [-0.2, 0) is 20.8 Å². The minimum absolute atomic E-state index is 0.0232. The van der Waals surface area contributed by atoms with Gasteiger partial charge in [-0.3, -0.25) is 4.79 Å². The minimum Gasteiger partial charge on any atom is -0.376 e. The molecule has 1 amide bonds. The van der Waals surface area contributed by atoms with E-state index in [1.54, 1.807) is 12.4 Å². The molecule has 0 aliphatic carbocycles. The molecule has 9 heteroatoms. The lowest BCUT2D eigenvalue weighted by molar-refractivity contribution is -0.137. The van der Waals surface area contributed by atoms with Crippen LogP contribution in [0.5, 0.6) is 0 Å². The fourth-order valence-corrected chi connectivity index (χ4v) is 4.00. The summed E-state index contributed by atoms with van der Waals surface area (Å²) in [5, 5.41) is 4.70. The highest BCUT2D eigenvalue weighted by atomic mass is 16.5. The summed E-state index contributed by atoms with van der Waals surface area (Å²) in [4.78, 5) is 23.3. The van der Waals surface area contributed by atoms with Crippen molar-refractivity contribution in [2.45, 2.75) is 44.2 Å². The van der Waals surface area contributed by atoms with Gasteiger partial charge >= 0.3 is 0 Å². The van der Waals surface area contributed by atoms with E-state index in [1.807, 2.05) is 9.58 Å². The smallest absolute Gasteiger partial charge is 0.248 e. The summed E-state index contributed by atoms with van der Waals surface area (Å²) in [6.45, 7) is 3.82. The molecule has 2 saturated heterocycles. The molecule has 9 nitrogen and oxygen atoms in total. The zero-order chi connectivity index (χ0) is 19.3. The van der Waals surface area contributed by atoms with E-state index in [1.165, 1.54) is 6.42 Å². The average Bonchev–Trinajstić information content (AvgIpc) is 3.35. The molecule has 2 aromatic heterocycles. The lowest BCUT2D eigenvalue weighted by atomic mass is 10.0. The summed E-state index contributed by atoms with van der Waals surface area (Å²) >= 11 is 0. The van der Waals surface area contributed by atoms with E-state index < -0.39 is 0 Å². The van der Waals surface area contributed by atoms with Gasteiger partial charge < -0.3 is 20.1 Å². The van der Waals surface area contributed by atoms with Gasteiger partial charge in [0.2, 0.25) is 5.91 Å². The van der Waals surface area contributed by atoms with Crippen molar-refractivity contribution in [3.63, 3.8) is 0 Å². The Balaban J connectivity index is 1.35. The third-order valence-corrected chi connectivity index (χ3v) is 5.47. The molecular weight excluding hydrogens is 360 g/mol. The summed E-state index contributed by atoms with van der Waals surface area (Å²) in [6.07, 6.45) is 7.64. The minimum atomic E-state index is 0.0232. The predicted octanol–water partition coefficient (Wildman–Crippen LogP) is 0.687. The van der Waals surface area contributed by atoms with Crippen molar-refractivity contribution in [3.05, 3.63) is 18.1 Å². The van der Waals surface area contributed by atoms with Gasteiger partial charge in [0, 0.05) is 44.6 Å².